The van der Waals surface area contributed by atoms with Gasteiger partial charge in [0.1, 0.15) is 0 Å². The first-order chi connectivity index (χ1) is 11.7. The lowest BCUT2D eigenvalue weighted by atomic mass is 9.88. The van der Waals surface area contributed by atoms with Crippen molar-refractivity contribution in [2.24, 2.45) is 17.0 Å². The monoisotopic (exact) mass is 321 g/mol. The van der Waals surface area contributed by atoms with Crippen LogP contribution in [0.15, 0.2) is 65.8 Å². The van der Waals surface area contributed by atoms with Crippen LogP contribution in [0.3, 0.4) is 0 Å². The highest BCUT2D eigenvalue weighted by atomic mass is 16.1. The van der Waals surface area contributed by atoms with Crippen LogP contribution in [-0.2, 0) is 17.6 Å². The average Bonchev–Trinajstić information content (AvgIpc) is 2.60. The van der Waals surface area contributed by atoms with Crippen LogP contribution < -0.4 is 0 Å². The lowest BCUT2D eigenvalue weighted by molar-refractivity contribution is -0.122. The molecule has 2 atom stereocenters. The third kappa shape index (κ3) is 5.90. The van der Waals surface area contributed by atoms with Crippen LogP contribution >= 0.6 is 0 Å². The van der Waals surface area contributed by atoms with Gasteiger partial charge in [-0.25, -0.2) is 0 Å². The van der Waals surface area contributed by atoms with E-state index in [0.717, 1.165) is 24.8 Å². The van der Waals surface area contributed by atoms with E-state index in [9.17, 15) is 4.79 Å². The van der Waals surface area contributed by atoms with E-state index in [4.69, 9.17) is 5.53 Å². The zero-order valence-corrected chi connectivity index (χ0v) is 14.0. The highest BCUT2D eigenvalue weighted by Crippen LogP contribution is 2.21. The Bertz CT molecular complexity index is 679. The summed E-state index contributed by atoms with van der Waals surface area (Å²) in [5, 5.41) is 3.32. The van der Waals surface area contributed by atoms with Gasteiger partial charge >= 0.3 is 0 Å². The molecule has 0 bridgehead atoms. The molecule has 0 N–H and O–H groups in total. The number of azide groups is 1. The number of amides is 1. The minimum absolute atomic E-state index is 0.249. The molecule has 2 rings (SSSR count). The molecule has 0 radical (unpaired) electrons. The van der Waals surface area contributed by atoms with Gasteiger partial charge in [0, 0.05) is 10.8 Å². The number of benzene rings is 2. The maximum Gasteiger partial charge on any atom is 0.222 e. The Morgan fingerprint density at radius 3 is 2.04 bits per heavy atom. The molecule has 0 saturated carbocycles. The summed E-state index contributed by atoms with van der Waals surface area (Å²) in [6.45, 7) is 2.20. The zero-order chi connectivity index (χ0) is 17.2. The van der Waals surface area contributed by atoms with Crippen molar-refractivity contribution in [2.75, 3.05) is 0 Å². The fraction of sp³-hybridized carbons (Fsp3) is 0.350. The van der Waals surface area contributed by atoms with Crippen molar-refractivity contribution in [1.82, 2.24) is 0 Å². The summed E-state index contributed by atoms with van der Waals surface area (Å²) in [7, 11) is 0. The molecule has 24 heavy (non-hydrogen) atoms. The van der Waals surface area contributed by atoms with Crippen molar-refractivity contribution in [3.05, 3.63) is 82.2 Å². The number of nitrogens with zero attached hydrogens (tertiary/aromatic N) is 3. The summed E-state index contributed by atoms with van der Waals surface area (Å²) < 4.78 is 0. The fourth-order valence-electron chi connectivity index (χ4n) is 2.94. The Morgan fingerprint density at radius 1 is 0.958 bits per heavy atom. The molecule has 0 aliphatic rings. The van der Waals surface area contributed by atoms with E-state index < -0.39 is 0 Å². The van der Waals surface area contributed by atoms with Crippen LogP contribution in [0.4, 0.5) is 0 Å². The maximum atomic E-state index is 12.1. The normalized spacial score (nSPS) is 12.9. The summed E-state index contributed by atoms with van der Waals surface area (Å²) in [6, 6.07) is 20.2. The lowest BCUT2D eigenvalue weighted by Gasteiger charge is -2.17. The highest BCUT2D eigenvalue weighted by Gasteiger charge is 2.19. The van der Waals surface area contributed by atoms with Crippen LogP contribution in [-0.4, -0.2) is 5.91 Å². The van der Waals surface area contributed by atoms with Gasteiger partial charge < -0.3 is 0 Å². The maximum absolute atomic E-state index is 12.1. The van der Waals surface area contributed by atoms with Crippen molar-refractivity contribution >= 4 is 5.91 Å². The minimum atomic E-state index is -0.353. The predicted molar refractivity (Wildman–Crippen MR) is 96.3 cm³/mol. The number of hydrogen-bond acceptors (Lipinski definition) is 1. The van der Waals surface area contributed by atoms with Gasteiger partial charge in [-0.1, -0.05) is 67.6 Å². The second-order valence-electron chi connectivity index (χ2n) is 6.29. The van der Waals surface area contributed by atoms with Crippen molar-refractivity contribution < 1.29 is 4.79 Å². The molecule has 1 amide bonds. The quantitative estimate of drug-likeness (QED) is 0.367. The van der Waals surface area contributed by atoms with E-state index in [1.165, 1.54) is 5.56 Å². The molecule has 1 unspecified atom stereocenters. The molecule has 0 fully saturated rings. The molecule has 2 aromatic rings. The van der Waals surface area contributed by atoms with E-state index in [0.29, 0.717) is 12.3 Å². The molecule has 0 aliphatic carbocycles. The first-order valence-corrected chi connectivity index (χ1v) is 8.36. The van der Waals surface area contributed by atoms with Gasteiger partial charge in [0.2, 0.25) is 5.91 Å². The van der Waals surface area contributed by atoms with E-state index >= 15 is 0 Å². The molecule has 0 heterocycles. The summed E-state index contributed by atoms with van der Waals surface area (Å²) in [5.74, 6) is -0.126. The van der Waals surface area contributed by atoms with Gasteiger partial charge in [0.25, 0.3) is 0 Å². The molecule has 4 nitrogen and oxygen atoms in total. The van der Waals surface area contributed by atoms with Crippen LogP contribution in [0.2, 0.25) is 0 Å². The number of carbonyl (C=O) groups excluding carboxylic acids is 1. The predicted octanol–water partition coefficient (Wildman–Crippen LogP) is 5.34. The van der Waals surface area contributed by atoms with Gasteiger partial charge in [-0.05, 0) is 53.4 Å². The smallest absolute Gasteiger partial charge is 0.222 e. The van der Waals surface area contributed by atoms with Gasteiger partial charge in [-0.2, -0.15) is 0 Å². The van der Waals surface area contributed by atoms with Crippen molar-refractivity contribution in [2.45, 2.75) is 32.6 Å². The van der Waals surface area contributed by atoms with Crippen LogP contribution in [0, 0.1) is 11.8 Å². The van der Waals surface area contributed by atoms with Crippen LogP contribution in [0.25, 0.3) is 10.4 Å². The fourth-order valence-corrected chi connectivity index (χ4v) is 2.94. The van der Waals surface area contributed by atoms with Gasteiger partial charge in [-0.15, -0.1) is 0 Å². The highest BCUT2D eigenvalue weighted by molar-refractivity contribution is 5.79. The summed E-state index contributed by atoms with van der Waals surface area (Å²) in [4.78, 5) is 14.8. The SMILES string of the molecule is CC(CC[C@H](Cc1ccccc1)C(=O)N=[N+]=[N-])Cc1ccccc1. The Morgan fingerprint density at radius 2 is 1.50 bits per heavy atom. The van der Waals surface area contributed by atoms with Crippen molar-refractivity contribution in [3.63, 3.8) is 0 Å². The Kier molecular flexibility index (Phi) is 7.06. The Labute approximate surface area is 143 Å². The first-order valence-electron chi connectivity index (χ1n) is 8.36. The van der Waals surface area contributed by atoms with Crippen molar-refractivity contribution in [3.8, 4) is 0 Å². The molecular formula is C20H23N3O. The van der Waals surface area contributed by atoms with Gasteiger partial charge in [0.15, 0.2) is 0 Å². The third-order valence-corrected chi connectivity index (χ3v) is 4.25. The Balaban J connectivity index is 1.94. The molecule has 4 heteroatoms. The molecule has 0 aromatic heterocycles. The zero-order valence-electron chi connectivity index (χ0n) is 14.0. The van der Waals surface area contributed by atoms with Crippen LogP contribution in [0.1, 0.15) is 30.9 Å². The number of carbonyl (C=O) groups is 1. The molecular weight excluding hydrogens is 298 g/mol. The van der Waals surface area contributed by atoms with Gasteiger partial charge in [0.05, 0.1) is 0 Å². The Hall–Kier alpha value is -2.58. The largest absolute Gasteiger partial charge is 0.292 e. The molecule has 0 saturated heterocycles. The van der Waals surface area contributed by atoms with Crippen LogP contribution in [0.5, 0.6) is 0 Å². The average molecular weight is 321 g/mol. The molecule has 2 aromatic carbocycles. The second-order valence-corrected chi connectivity index (χ2v) is 6.29. The van der Waals surface area contributed by atoms with E-state index in [-0.39, 0.29) is 11.8 Å². The number of rotatable bonds is 8. The van der Waals surface area contributed by atoms with Crippen molar-refractivity contribution in [1.29, 1.82) is 0 Å². The third-order valence-electron chi connectivity index (χ3n) is 4.25. The minimum Gasteiger partial charge on any atom is -0.292 e. The molecule has 0 aliphatic heterocycles. The van der Waals surface area contributed by atoms with E-state index in [1.807, 2.05) is 48.5 Å². The summed E-state index contributed by atoms with van der Waals surface area (Å²) in [6.07, 6.45) is 3.28. The van der Waals surface area contributed by atoms with Gasteiger partial charge in [-0.3, -0.25) is 4.79 Å². The molecule has 124 valence electrons. The van der Waals surface area contributed by atoms with E-state index in [2.05, 4.69) is 29.1 Å². The second kappa shape index (κ2) is 9.53. The topological polar surface area (TPSA) is 65.8 Å². The summed E-state index contributed by atoms with van der Waals surface area (Å²) >= 11 is 0. The standard InChI is InChI=1S/C20H23N3O/c1-16(14-17-8-4-2-5-9-17)12-13-19(20(24)22-23-21)15-18-10-6-3-7-11-18/h2-11,16,19H,12-15H2,1H3/t16?,19-/m1/s1. The summed E-state index contributed by atoms with van der Waals surface area (Å²) in [5.41, 5.74) is 11.0. The number of hydrogen-bond donors (Lipinski definition) is 0. The lowest BCUT2D eigenvalue weighted by Crippen LogP contribution is -2.16. The first kappa shape index (κ1) is 17.8. The molecule has 0 spiro atoms. The van der Waals surface area contributed by atoms with E-state index in [1.54, 1.807) is 0 Å².